The Kier molecular flexibility index (Phi) is 15.7. The SMILES string of the molecule is C=C(C)CONCCOC(=O)NCCOC(=O)C(CCCCOC#N)N=C=O. The second-order valence-electron chi connectivity index (χ2n) is 5.54. The van der Waals surface area contributed by atoms with Gasteiger partial charge in [0.05, 0.1) is 19.7 Å². The first-order valence-electron chi connectivity index (χ1n) is 8.65. The van der Waals surface area contributed by atoms with Crippen LogP contribution in [0.3, 0.4) is 0 Å². The van der Waals surface area contributed by atoms with E-state index in [4.69, 9.17) is 19.6 Å². The topological polar surface area (TPSA) is 148 Å². The number of hydrogen-bond donors (Lipinski definition) is 2. The highest BCUT2D eigenvalue weighted by Crippen LogP contribution is 2.07. The van der Waals surface area contributed by atoms with Crippen LogP contribution in [0.2, 0.25) is 0 Å². The van der Waals surface area contributed by atoms with Crippen LogP contribution >= 0.6 is 0 Å². The summed E-state index contributed by atoms with van der Waals surface area (Å²) >= 11 is 0. The molecule has 0 aromatic rings. The number of amides is 1. The molecule has 0 bridgehead atoms. The fourth-order valence-electron chi connectivity index (χ4n) is 1.74. The van der Waals surface area contributed by atoms with Crippen molar-refractivity contribution in [3.8, 4) is 6.26 Å². The molecule has 28 heavy (non-hydrogen) atoms. The van der Waals surface area contributed by atoms with Gasteiger partial charge in [0, 0.05) is 0 Å². The van der Waals surface area contributed by atoms with Gasteiger partial charge in [-0.15, -0.1) is 0 Å². The van der Waals surface area contributed by atoms with Crippen molar-refractivity contribution >= 4 is 18.1 Å². The van der Waals surface area contributed by atoms with Gasteiger partial charge in [-0.3, -0.25) is 4.84 Å². The van der Waals surface area contributed by atoms with E-state index in [9.17, 15) is 14.4 Å². The molecule has 0 aromatic heterocycles. The lowest BCUT2D eigenvalue weighted by Gasteiger charge is -2.11. The van der Waals surface area contributed by atoms with Crippen LogP contribution in [-0.4, -0.2) is 63.7 Å². The lowest BCUT2D eigenvalue weighted by molar-refractivity contribution is -0.145. The number of alkyl carbamates (subject to hydrolysis) is 1. The predicted octanol–water partition coefficient (Wildman–Crippen LogP) is 0.725. The monoisotopic (exact) mass is 398 g/mol. The highest BCUT2D eigenvalue weighted by molar-refractivity contribution is 5.76. The van der Waals surface area contributed by atoms with Gasteiger partial charge in [-0.25, -0.2) is 14.4 Å². The second kappa shape index (κ2) is 17.5. The van der Waals surface area contributed by atoms with Gasteiger partial charge in [-0.2, -0.15) is 15.7 Å². The normalized spacial score (nSPS) is 10.7. The van der Waals surface area contributed by atoms with Crippen LogP contribution in [0.4, 0.5) is 4.79 Å². The quantitative estimate of drug-likeness (QED) is 0.0729. The Balaban J connectivity index is 3.83. The van der Waals surface area contributed by atoms with E-state index >= 15 is 0 Å². The van der Waals surface area contributed by atoms with Crippen LogP contribution < -0.4 is 10.8 Å². The molecule has 0 aliphatic rings. The number of aliphatic imine (C=N–C) groups is 1. The molecule has 0 fully saturated rings. The van der Waals surface area contributed by atoms with Gasteiger partial charge in [-0.1, -0.05) is 12.2 Å². The smallest absolute Gasteiger partial charge is 0.407 e. The number of hydroxylamine groups is 1. The van der Waals surface area contributed by atoms with Gasteiger partial charge < -0.3 is 19.5 Å². The number of carbonyl (C=O) groups excluding carboxylic acids is 3. The molecule has 0 heterocycles. The Morgan fingerprint density at radius 1 is 1.18 bits per heavy atom. The number of isocyanates is 1. The molecule has 1 unspecified atom stereocenters. The number of nitrogens with zero attached hydrogens (tertiary/aromatic N) is 2. The third-order valence-corrected chi connectivity index (χ3v) is 2.99. The van der Waals surface area contributed by atoms with Crippen LogP contribution in [-0.2, 0) is 28.6 Å². The number of hydrogen-bond acceptors (Lipinski definition) is 10. The number of ether oxygens (including phenoxy) is 3. The Hall–Kier alpha value is -2.93. The summed E-state index contributed by atoms with van der Waals surface area (Å²) in [5, 5.41) is 10.6. The van der Waals surface area contributed by atoms with Crippen LogP contribution in [0.25, 0.3) is 0 Å². The summed E-state index contributed by atoms with van der Waals surface area (Å²) < 4.78 is 14.3. The number of rotatable bonds is 16. The largest absolute Gasteiger partial charge is 0.462 e. The van der Waals surface area contributed by atoms with E-state index in [1.54, 1.807) is 0 Å². The molecule has 0 aromatic carbocycles. The zero-order chi connectivity index (χ0) is 21.0. The maximum absolute atomic E-state index is 11.9. The van der Waals surface area contributed by atoms with Crippen LogP contribution in [0.5, 0.6) is 0 Å². The number of unbranched alkanes of at least 4 members (excludes halogenated alkanes) is 1. The molecule has 11 nitrogen and oxygen atoms in total. The molecule has 2 N–H and O–H groups in total. The van der Waals surface area contributed by atoms with Crippen molar-refractivity contribution in [1.82, 2.24) is 10.8 Å². The average molecular weight is 398 g/mol. The standard InChI is InChI=1S/C17H26N4O7/c1-14(2)11-28-21-7-10-27-17(24)19-6-9-26-16(23)15(20-13-22)5-3-4-8-25-12-18/h15,21H,1,3-11H2,2H3,(H,19,24). The second-order valence-corrected chi connectivity index (χ2v) is 5.54. The van der Waals surface area contributed by atoms with Gasteiger partial charge >= 0.3 is 12.1 Å². The lowest BCUT2D eigenvalue weighted by Crippen LogP contribution is -2.32. The molecule has 0 aliphatic heterocycles. The number of nitrogens with one attached hydrogen (secondary N) is 2. The third kappa shape index (κ3) is 15.3. The van der Waals surface area contributed by atoms with Gasteiger partial charge in [0.25, 0.3) is 6.26 Å². The van der Waals surface area contributed by atoms with E-state index < -0.39 is 18.1 Å². The maximum atomic E-state index is 11.9. The molecule has 0 radical (unpaired) electrons. The van der Waals surface area contributed by atoms with E-state index in [0.29, 0.717) is 26.0 Å². The predicted molar refractivity (Wildman–Crippen MR) is 96.4 cm³/mol. The summed E-state index contributed by atoms with van der Waals surface area (Å²) in [6.07, 6.45) is 3.51. The van der Waals surface area contributed by atoms with Crippen molar-refractivity contribution in [2.45, 2.75) is 32.2 Å². The van der Waals surface area contributed by atoms with E-state index in [0.717, 1.165) is 5.57 Å². The molecule has 156 valence electrons. The fourth-order valence-corrected chi connectivity index (χ4v) is 1.74. The summed E-state index contributed by atoms with van der Waals surface area (Å²) in [6.45, 7) is 6.41. The Labute approximate surface area is 163 Å². The fraction of sp³-hybridized carbons (Fsp3) is 0.647. The van der Waals surface area contributed by atoms with Gasteiger partial charge in [0.2, 0.25) is 6.08 Å². The summed E-state index contributed by atoms with van der Waals surface area (Å²) in [7, 11) is 0. The van der Waals surface area contributed by atoms with Crippen LogP contribution in [0.1, 0.15) is 26.2 Å². The Morgan fingerprint density at radius 2 is 1.93 bits per heavy atom. The lowest BCUT2D eigenvalue weighted by atomic mass is 10.1. The summed E-state index contributed by atoms with van der Waals surface area (Å²) in [5.41, 5.74) is 3.46. The van der Waals surface area contributed by atoms with Crippen molar-refractivity contribution in [1.29, 1.82) is 5.26 Å². The molecule has 0 rings (SSSR count). The zero-order valence-corrected chi connectivity index (χ0v) is 15.9. The number of nitriles is 1. The molecule has 1 atom stereocenters. The number of carbonyl (C=O) groups is 2. The molecule has 11 heteroatoms. The summed E-state index contributed by atoms with van der Waals surface area (Å²) in [5.74, 6) is -0.696. The van der Waals surface area contributed by atoms with Crippen molar-refractivity contribution in [3.63, 3.8) is 0 Å². The molecule has 1 amide bonds. The van der Waals surface area contributed by atoms with Crippen molar-refractivity contribution < 1.29 is 33.4 Å². The molecule has 0 spiro atoms. The first-order valence-corrected chi connectivity index (χ1v) is 8.65. The Morgan fingerprint density at radius 3 is 2.61 bits per heavy atom. The van der Waals surface area contributed by atoms with Crippen molar-refractivity contribution in [2.24, 2.45) is 4.99 Å². The molecular weight excluding hydrogens is 372 g/mol. The molecule has 0 aliphatic carbocycles. The molecule has 0 saturated heterocycles. The minimum Gasteiger partial charge on any atom is -0.462 e. The minimum absolute atomic E-state index is 0.0394. The molecule has 0 saturated carbocycles. The van der Waals surface area contributed by atoms with Crippen LogP contribution in [0.15, 0.2) is 17.1 Å². The van der Waals surface area contributed by atoms with Gasteiger partial charge in [0.1, 0.15) is 19.8 Å². The zero-order valence-electron chi connectivity index (χ0n) is 15.9. The van der Waals surface area contributed by atoms with Gasteiger partial charge in [-0.05, 0) is 26.2 Å². The highest BCUT2D eigenvalue weighted by Gasteiger charge is 2.18. The maximum Gasteiger partial charge on any atom is 0.407 e. The van der Waals surface area contributed by atoms with Crippen LogP contribution in [0, 0.1) is 11.5 Å². The first kappa shape index (κ1) is 25.1. The van der Waals surface area contributed by atoms with Crippen molar-refractivity contribution in [2.75, 3.05) is 39.5 Å². The third-order valence-electron chi connectivity index (χ3n) is 2.99. The summed E-state index contributed by atoms with van der Waals surface area (Å²) in [4.78, 5) is 42.1. The van der Waals surface area contributed by atoms with E-state index in [1.807, 2.05) is 6.92 Å². The van der Waals surface area contributed by atoms with E-state index in [1.165, 1.54) is 12.3 Å². The minimum atomic E-state index is -0.975. The average Bonchev–Trinajstić information content (AvgIpc) is 2.66. The van der Waals surface area contributed by atoms with E-state index in [2.05, 4.69) is 27.1 Å². The molecular formula is C17H26N4O7. The number of esters is 1. The van der Waals surface area contributed by atoms with E-state index in [-0.39, 0.29) is 32.8 Å². The van der Waals surface area contributed by atoms with Crippen molar-refractivity contribution in [3.05, 3.63) is 12.2 Å². The summed E-state index contributed by atoms with van der Waals surface area (Å²) in [6, 6.07) is -0.975. The van der Waals surface area contributed by atoms with Gasteiger partial charge in [0.15, 0.2) is 6.04 Å². The Bertz CT molecular complexity index is 570. The highest BCUT2D eigenvalue weighted by atomic mass is 16.6. The first-order chi connectivity index (χ1) is 13.5.